The highest BCUT2D eigenvalue weighted by Gasteiger charge is 2.50. The van der Waals surface area contributed by atoms with E-state index >= 15 is 0 Å². The highest BCUT2D eigenvalue weighted by molar-refractivity contribution is 7.36. The Kier molecular flexibility index (Phi) is 3.88. The monoisotopic (exact) mass is 209 g/mol. The van der Waals surface area contributed by atoms with Crippen LogP contribution in [-0.4, -0.2) is 30.7 Å². The van der Waals surface area contributed by atoms with E-state index in [4.69, 9.17) is 9.26 Å². The first kappa shape index (κ1) is 11.1. The van der Waals surface area contributed by atoms with Gasteiger partial charge in [-0.1, -0.05) is 0 Å². The summed E-state index contributed by atoms with van der Waals surface area (Å²) in [5, 5.41) is 12.2. The van der Waals surface area contributed by atoms with Gasteiger partial charge in [-0.15, -0.1) is 0 Å². The van der Waals surface area contributed by atoms with Gasteiger partial charge in [-0.2, -0.15) is 0 Å². The molecule has 0 saturated heterocycles. The van der Waals surface area contributed by atoms with Gasteiger partial charge < -0.3 is 14.4 Å². The summed E-state index contributed by atoms with van der Waals surface area (Å²) in [5.74, 6) is 0. The molecular weight excluding hydrogens is 193 g/mol. The summed E-state index contributed by atoms with van der Waals surface area (Å²) in [6, 6.07) is 0. The van der Waals surface area contributed by atoms with Gasteiger partial charge in [0.2, 0.25) is 0 Å². The van der Waals surface area contributed by atoms with Crippen LogP contribution in [0.25, 0.3) is 0 Å². The Bertz CT molecular complexity index is 195. The Labute approximate surface area is 78.3 Å². The fourth-order valence-electron chi connectivity index (χ4n) is 1.16. The number of hydrogen-bond donors (Lipinski definition) is 2. The largest absolute Gasteiger partial charge is 0.366 e. The van der Waals surface area contributed by atoms with E-state index in [-0.39, 0.29) is 0 Å². The molecule has 0 aromatic carbocycles. The SMILES string of the molecule is CCO[PH](=O)NC1(C(O)OC)CC1. The van der Waals surface area contributed by atoms with E-state index in [2.05, 4.69) is 5.09 Å². The van der Waals surface area contributed by atoms with Gasteiger partial charge >= 0.3 is 0 Å². The van der Waals surface area contributed by atoms with Gasteiger partial charge in [0.25, 0.3) is 8.18 Å². The van der Waals surface area contributed by atoms with Crippen LogP contribution < -0.4 is 5.09 Å². The highest BCUT2D eigenvalue weighted by Crippen LogP contribution is 2.43. The van der Waals surface area contributed by atoms with Gasteiger partial charge in [-0.3, -0.25) is 4.57 Å². The van der Waals surface area contributed by atoms with Crippen molar-refractivity contribution in [3.63, 3.8) is 0 Å². The second-order valence-electron chi connectivity index (χ2n) is 3.09. The van der Waals surface area contributed by atoms with Crippen LogP contribution in [0.2, 0.25) is 0 Å². The lowest BCUT2D eigenvalue weighted by Crippen LogP contribution is -2.39. The van der Waals surface area contributed by atoms with Crippen LogP contribution in [0.15, 0.2) is 0 Å². The zero-order valence-corrected chi connectivity index (χ0v) is 8.87. The van der Waals surface area contributed by atoms with Crippen molar-refractivity contribution in [3.05, 3.63) is 0 Å². The van der Waals surface area contributed by atoms with E-state index in [0.717, 1.165) is 12.8 Å². The molecule has 0 bridgehead atoms. The number of rotatable bonds is 6. The number of methoxy groups -OCH3 is 1. The fraction of sp³-hybridized carbons (Fsp3) is 1.00. The normalized spacial score (nSPS) is 23.9. The molecule has 0 heterocycles. The molecule has 1 aliphatic carbocycles. The summed E-state index contributed by atoms with van der Waals surface area (Å²) in [6.45, 7) is 2.18. The van der Waals surface area contributed by atoms with Crippen molar-refractivity contribution in [2.24, 2.45) is 0 Å². The van der Waals surface area contributed by atoms with E-state index in [1.807, 2.05) is 0 Å². The molecule has 2 atom stereocenters. The molecular formula is C7H16NO4P. The van der Waals surface area contributed by atoms with E-state index in [1.54, 1.807) is 6.92 Å². The Balaban J connectivity index is 2.39. The summed E-state index contributed by atoms with van der Waals surface area (Å²) >= 11 is 0. The Morgan fingerprint density at radius 3 is 2.69 bits per heavy atom. The van der Waals surface area contributed by atoms with Crippen molar-refractivity contribution in [1.82, 2.24) is 5.09 Å². The minimum atomic E-state index is -2.23. The summed E-state index contributed by atoms with van der Waals surface area (Å²) in [7, 11) is -0.809. The third-order valence-electron chi connectivity index (χ3n) is 2.11. The van der Waals surface area contributed by atoms with Gasteiger partial charge in [0.15, 0.2) is 6.29 Å². The molecule has 1 aliphatic rings. The van der Waals surface area contributed by atoms with Crippen LogP contribution in [0.1, 0.15) is 19.8 Å². The van der Waals surface area contributed by atoms with Crippen molar-refractivity contribution in [2.45, 2.75) is 31.6 Å². The number of aliphatic hydroxyl groups is 1. The predicted octanol–water partition coefficient (Wildman–Crippen LogP) is 0.500. The molecule has 0 aromatic rings. The quantitative estimate of drug-likeness (QED) is 0.492. The van der Waals surface area contributed by atoms with Crippen LogP contribution in [0, 0.1) is 0 Å². The van der Waals surface area contributed by atoms with Gasteiger partial charge in [-0.25, -0.2) is 5.09 Å². The van der Waals surface area contributed by atoms with Crippen molar-refractivity contribution in [1.29, 1.82) is 0 Å². The second-order valence-corrected chi connectivity index (χ2v) is 4.20. The van der Waals surface area contributed by atoms with E-state index in [9.17, 15) is 9.67 Å². The maximum absolute atomic E-state index is 11.2. The van der Waals surface area contributed by atoms with Gasteiger partial charge in [0, 0.05) is 7.11 Å². The maximum atomic E-state index is 11.2. The first-order valence-electron chi connectivity index (χ1n) is 4.30. The number of aliphatic hydroxyl groups excluding tert-OH is 1. The van der Waals surface area contributed by atoms with E-state index < -0.39 is 20.0 Å². The van der Waals surface area contributed by atoms with Crippen LogP contribution in [0.5, 0.6) is 0 Å². The molecule has 2 N–H and O–H groups in total. The van der Waals surface area contributed by atoms with Crippen LogP contribution in [0.4, 0.5) is 0 Å². The zero-order valence-electron chi connectivity index (χ0n) is 7.87. The van der Waals surface area contributed by atoms with Crippen LogP contribution >= 0.6 is 8.18 Å². The lowest BCUT2D eigenvalue weighted by atomic mass is 10.3. The number of nitrogens with one attached hydrogen (secondary N) is 1. The first-order chi connectivity index (χ1) is 6.14. The minimum Gasteiger partial charge on any atom is -0.366 e. The molecule has 2 unspecified atom stereocenters. The average Bonchev–Trinajstić information content (AvgIpc) is 2.85. The smallest absolute Gasteiger partial charge is 0.258 e. The van der Waals surface area contributed by atoms with Gasteiger partial charge in [0.1, 0.15) is 0 Å². The van der Waals surface area contributed by atoms with E-state index in [0.29, 0.717) is 6.61 Å². The number of hydrogen-bond acceptors (Lipinski definition) is 4. The first-order valence-corrected chi connectivity index (χ1v) is 5.62. The third kappa shape index (κ3) is 2.76. The molecule has 0 radical (unpaired) electrons. The predicted molar refractivity (Wildman–Crippen MR) is 48.7 cm³/mol. The minimum absolute atomic E-state index is 0.407. The summed E-state index contributed by atoms with van der Waals surface area (Å²) in [4.78, 5) is 0. The highest BCUT2D eigenvalue weighted by atomic mass is 31.1. The topological polar surface area (TPSA) is 67.8 Å². The lowest BCUT2D eigenvalue weighted by molar-refractivity contribution is -0.101. The molecule has 0 aliphatic heterocycles. The van der Waals surface area contributed by atoms with Crippen molar-refractivity contribution >= 4 is 8.18 Å². The van der Waals surface area contributed by atoms with Crippen molar-refractivity contribution in [2.75, 3.05) is 13.7 Å². The van der Waals surface area contributed by atoms with Gasteiger partial charge in [-0.05, 0) is 19.8 Å². The second kappa shape index (κ2) is 4.53. The molecule has 0 amide bonds. The summed E-state index contributed by atoms with van der Waals surface area (Å²) < 4.78 is 20.9. The number of ether oxygens (including phenoxy) is 1. The molecule has 0 spiro atoms. The van der Waals surface area contributed by atoms with Crippen molar-refractivity contribution < 1.29 is 18.9 Å². The molecule has 1 rings (SSSR count). The lowest BCUT2D eigenvalue weighted by Gasteiger charge is -2.21. The van der Waals surface area contributed by atoms with E-state index in [1.165, 1.54) is 7.11 Å². The van der Waals surface area contributed by atoms with Gasteiger partial charge in [0.05, 0.1) is 12.1 Å². The molecule has 13 heavy (non-hydrogen) atoms. The molecule has 1 saturated carbocycles. The molecule has 1 fully saturated rings. The third-order valence-corrected chi connectivity index (χ3v) is 3.36. The maximum Gasteiger partial charge on any atom is 0.258 e. The fourth-order valence-corrected chi connectivity index (χ4v) is 2.28. The summed E-state index contributed by atoms with van der Waals surface area (Å²) in [5.41, 5.74) is -0.528. The van der Waals surface area contributed by atoms with Crippen LogP contribution in [-0.2, 0) is 13.8 Å². The summed E-state index contributed by atoms with van der Waals surface area (Å²) in [6.07, 6.45) is 0.638. The Morgan fingerprint density at radius 1 is 1.69 bits per heavy atom. The Morgan fingerprint density at radius 2 is 2.31 bits per heavy atom. The molecule has 0 aromatic heterocycles. The zero-order chi connectivity index (χ0) is 9.90. The van der Waals surface area contributed by atoms with Crippen LogP contribution in [0.3, 0.4) is 0 Å². The van der Waals surface area contributed by atoms with Crippen molar-refractivity contribution in [3.8, 4) is 0 Å². The molecule has 5 nitrogen and oxygen atoms in total. The standard InChI is InChI=1S/C7H16NO4P/c1-3-12-13(10)8-7(4-5-7)6(9)11-2/h6,9,13H,3-5H2,1-2H3,(H,8,10). The molecule has 78 valence electrons. The molecule has 6 heteroatoms. The average molecular weight is 209 g/mol. The Hall–Kier alpha value is 0.0700.